The van der Waals surface area contributed by atoms with Crippen LogP contribution in [0.15, 0.2) is 0 Å². The molecule has 0 spiro atoms. The van der Waals surface area contributed by atoms with Gasteiger partial charge in [-0.3, -0.25) is 0 Å². The van der Waals surface area contributed by atoms with Gasteiger partial charge in [-0.2, -0.15) is 12.6 Å². The van der Waals surface area contributed by atoms with Crippen LogP contribution in [0.1, 0.15) is 40.0 Å². The van der Waals surface area contributed by atoms with Gasteiger partial charge >= 0.3 is 0 Å². The van der Waals surface area contributed by atoms with E-state index in [0.29, 0.717) is 5.25 Å². The Hall–Kier alpha value is 0.270. The summed E-state index contributed by atoms with van der Waals surface area (Å²) in [6.45, 7) is 11.1. The Balaban J connectivity index is 2.93. The van der Waals surface area contributed by atoms with E-state index in [1.165, 1.54) is 25.8 Å². The highest BCUT2D eigenvalue weighted by molar-refractivity contribution is 7.80. The van der Waals surface area contributed by atoms with Crippen LogP contribution in [0.25, 0.3) is 0 Å². The lowest BCUT2D eigenvalue weighted by Gasteiger charge is -2.08. The van der Waals surface area contributed by atoms with Crippen LogP contribution in [0, 0.1) is 5.92 Å². The second-order valence-electron chi connectivity index (χ2n) is 4.71. The predicted octanol–water partition coefficient (Wildman–Crippen LogP) is 2.31. The molecule has 0 aliphatic heterocycles. The molecule has 0 aliphatic carbocycles. The SMILES string of the molecule is CC(C)CNCCCCCNCC(C)S. The summed E-state index contributed by atoms with van der Waals surface area (Å²) in [4.78, 5) is 0. The summed E-state index contributed by atoms with van der Waals surface area (Å²) in [7, 11) is 0. The first-order valence-electron chi connectivity index (χ1n) is 6.22. The maximum Gasteiger partial charge on any atom is 0.0113 e. The highest BCUT2D eigenvalue weighted by Crippen LogP contribution is 1.94. The van der Waals surface area contributed by atoms with Gasteiger partial charge in [-0.25, -0.2) is 0 Å². The Bertz CT molecular complexity index is 113. The topological polar surface area (TPSA) is 24.1 Å². The van der Waals surface area contributed by atoms with Crippen LogP contribution in [0.3, 0.4) is 0 Å². The third kappa shape index (κ3) is 14.3. The van der Waals surface area contributed by atoms with Crippen molar-refractivity contribution < 1.29 is 0 Å². The summed E-state index contributed by atoms with van der Waals surface area (Å²) in [5, 5.41) is 7.33. The normalized spacial score (nSPS) is 13.4. The Labute approximate surface area is 101 Å². The molecule has 0 saturated heterocycles. The van der Waals surface area contributed by atoms with Gasteiger partial charge in [0.1, 0.15) is 0 Å². The van der Waals surface area contributed by atoms with Crippen LogP contribution in [0.4, 0.5) is 0 Å². The number of hydrogen-bond donors (Lipinski definition) is 3. The van der Waals surface area contributed by atoms with E-state index in [1.807, 2.05) is 0 Å². The second-order valence-corrected chi connectivity index (χ2v) is 5.59. The Morgan fingerprint density at radius 1 is 0.867 bits per heavy atom. The molecule has 1 unspecified atom stereocenters. The van der Waals surface area contributed by atoms with Gasteiger partial charge < -0.3 is 10.6 Å². The molecule has 0 aromatic heterocycles. The molecule has 0 bridgehead atoms. The van der Waals surface area contributed by atoms with Crippen molar-refractivity contribution in [1.29, 1.82) is 0 Å². The summed E-state index contributed by atoms with van der Waals surface area (Å²) < 4.78 is 0. The van der Waals surface area contributed by atoms with Gasteiger partial charge in [-0.15, -0.1) is 0 Å². The van der Waals surface area contributed by atoms with E-state index in [9.17, 15) is 0 Å². The van der Waals surface area contributed by atoms with Crippen molar-refractivity contribution in [3.63, 3.8) is 0 Å². The Morgan fingerprint density at radius 2 is 1.40 bits per heavy atom. The predicted molar refractivity (Wildman–Crippen MR) is 72.9 cm³/mol. The smallest absolute Gasteiger partial charge is 0.0113 e. The van der Waals surface area contributed by atoms with Crippen LogP contribution in [0.2, 0.25) is 0 Å². The lowest BCUT2D eigenvalue weighted by atomic mass is 10.2. The van der Waals surface area contributed by atoms with Gasteiger partial charge in [0.05, 0.1) is 0 Å². The summed E-state index contributed by atoms with van der Waals surface area (Å²) >= 11 is 4.32. The van der Waals surface area contributed by atoms with Crippen molar-refractivity contribution in [2.24, 2.45) is 5.92 Å². The van der Waals surface area contributed by atoms with E-state index in [-0.39, 0.29) is 0 Å². The molecule has 0 aliphatic rings. The van der Waals surface area contributed by atoms with Crippen LogP contribution in [-0.4, -0.2) is 31.4 Å². The van der Waals surface area contributed by atoms with Gasteiger partial charge in [-0.05, 0) is 38.4 Å². The van der Waals surface area contributed by atoms with Crippen molar-refractivity contribution in [3.05, 3.63) is 0 Å². The van der Waals surface area contributed by atoms with E-state index in [0.717, 1.165) is 25.6 Å². The van der Waals surface area contributed by atoms with Crippen LogP contribution in [-0.2, 0) is 0 Å². The average molecular weight is 232 g/mol. The van der Waals surface area contributed by atoms with Crippen LogP contribution in [0.5, 0.6) is 0 Å². The van der Waals surface area contributed by atoms with Crippen molar-refractivity contribution >= 4 is 12.6 Å². The standard InChI is InChI=1S/C12H28N2S/c1-11(2)9-13-7-5-4-6-8-14-10-12(3)15/h11-15H,4-10H2,1-3H3. The molecule has 0 aromatic rings. The van der Waals surface area contributed by atoms with Gasteiger partial charge in [-0.1, -0.05) is 27.2 Å². The molecular formula is C12H28N2S. The molecule has 0 fully saturated rings. The van der Waals surface area contributed by atoms with Crippen LogP contribution >= 0.6 is 12.6 Å². The van der Waals surface area contributed by atoms with Crippen molar-refractivity contribution in [2.45, 2.75) is 45.3 Å². The maximum atomic E-state index is 4.32. The van der Waals surface area contributed by atoms with Gasteiger partial charge in [0, 0.05) is 11.8 Å². The van der Waals surface area contributed by atoms with E-state index in [2.05, 4.69) is 44.0 Å². The van der Waals surface area contributed by atoms with E-state index in [4.69, 9.17) is 0 Å². The molecule has 0 aromatic carbocycles. The van der Waals surface area contributed by atoms with Crippen molar-refractivity contribution in [3.8, 4) is 0 Å². The Morgan fingerprint density at radius 3 is 1.87 bits per heavy atom. The van der Waals surface area contributed by atoms with E-state index in [1.54, 1.807) is 0 Å². The first kappa shape index (κ1) is 15.3. The largest absolute Gasteiger partial charge is 0.316 e. The zero-order chi connectivity index (χ0) is 11.5. The van der Waals surface area contributed by atoms with Gasteiger partial charge in [0.15, 0.2) is 0 Å². The number of unbranched alkanes of at least 4 members (excludes halogenated alkanes) is 2. The number of hydrogen-bond acceptors (Lipinski definition) is 3. The monoisotopic (exact) mass is 232 g/mol. The molecule has 3 heteroatoms. The molecule has 2 N–H and O–H groups in total. The summed E-state index contributed by atoms with van der Waals surface area (Å²) in [6.07, 6.45) is 3.90. The minimum absolute atomic E-state index is 0.470. The van der Waals surface area contributed by atoms with E-state index >= 15 is 0 Å². The zero-order valence-electron chi connectivity index (χ0n) is 10.6. The molecule has 0 saturated carbocycles. The lowest BCUT2D eigenvalue weighted by molar-refractivity contribution is 0.524. The molecule has 0 radical (unpaired) electrons. The third-order valence-electron chi connectivity index (χ3n) is 2.20. The van der Waals surface area contributed by atoms with Gasteiger partial charge in [0.25, 0.3) is 0 Å². The van der Waals surface area contributed by atoms with Crippen molar-refractivity contribution in [2.75, 3.05) is 26.2 Å². The first-order valence-corrected chi connectivity index (χ1v) is 6.74. The van der Waals surface area contributed by atoms with Crippen molar-refractivity contribution in [1.82, 2.24) is 10.6 Å². The first-order chi connectivity index (χ1) is 7.13. The lowest BCUT2D eigenvalue weighted by Crippen LogP contribution is -2.23. The fraction of sp³-hybridized carbons (Fsp3) is 1.00. The molecular weight excluding hydrogens is 204 g/mol. The number of rotatable bonds is 10. The minimum atomic E-state index is 0.470. The summed E-state index contributed by atoms with van der Waals surface area (Å²) in [5.74, 6) is 0.767. The summed E-state index contributed by atoms with van der Waals surface area (Å²) in [5.41, 5.74) is 0. The van der Waals surface area contributed by atoms with Gasteiger partial charge in [0.2, 0.25) is 0 Å². The highest BCUT2D eigenvalue weighted by Gasteiger charge is 1.94. The zero-order valence-corrected chi connectivity index (χ0v) is 11.4. The fourth-order valence-corrected chi connectivity index (χ4v) is 1.51. The number of thiol groups is 1. The molecule has 92 valence electrons. The fourth-order valence-electron chi connectivity index (χ4n) is 1.38. The minimum Gasteiger partial charge on any atom is -0.316 e. The quantitative estimate of drug-likeness (QED) is 0.398. The highest BCUT2D eigenvalue weighted by atomic mass is 32.1. The number of nitrogens with one attached hydrogen (secondary N) is 2. The average Bonchev–Trinajstić information content (AvgIpc) is 2.14. The molecule has 15 heavy (non-hydrogen) atoms. The maximum absolute atomic E-state index is 4.32. The Kier molecular flexibility index (Phi) is 11.0. The molecule has 1 atom stereocenters. The molecule has 0 amide bonds. The third-order valence-corrected chi connectivity index (χ3v) is 2.38. The molecule has 2 nitrogen and oxygen atoms in total. The molecule has 0 rings (SSSR count). The van der Waals surface area contributed by atoms with E-state index < -0.39 is 0 Å². The van der Waals surface area contributed by atoms with Crippen LogP contribution < -0.4 is 10.6 Å². The second kappa shape index (κ2) is 10.8. The molecule has 0 heterocycles. The summed E-state index contributed by atoms with van der Waals surface area (Å²) in [6, 6.07) is 0.